The van der Waals surface area contributed by atoms with Crippen molar-refractivity contribution in [2.75, 3.05) is 12.3 Å². The summed E-state index contributed by atoms with van der Waals surface area (Å²) in [5.74, 6) is -0.712. The molecule has 0 radical (unpaired) electrons. The molecule has 0 aromatic heterocycles. The maximum atomic E-state index is 12.5. The molecule has 1 unspecified atom stereocenters. The molecule has 0 N–H and O–H groups in total. The molecule has 0 bridgehead atoms. The van der Waals surface area contributed by atoms with E-state index in [-0.39, 0.29) is 12.6 Å². The molecule has 0 saturated carbocycles. The summed E-state index contributed by atoms with van der Waals surface area (Å²) in [5.41, 5.74) is -0.669. The molecule has 0 aliphatic heterocycles. The Morgan fingerprint density at radius 3 is 2.22 bits per heavy atom. The van der Waals surface area contributed by atoms with Gasteiger partial charge < -0.3 is 9.64 Å². The summed E-state index contributed by atoms with van der Waals surface area (Å²) in [4.78, 5) is 13.1. The first-order chi connectivity index (χ1) is 7.96. The lowest BCUT2D eigenvalue weighted by atomic mass is 10.2. The number of ether oxygens (including phenoxy) is 1. The molecule has 0 aromatic carbocycles. The molecule has 18 heavy (non-hydrogen) atoms. The summed E-state index contributed by atoms with van der Waals surface area (Å²) in [6, 6.07) is -0.207. The van der Waals surface area contributed by atoms with Crippen molar-refractivity contribution in [3.63, 3.8) is 0 Å². The van der Waals surface area contributed by atoms with Crippen molar-refractivity contribution in [1.29, 1.82) is 0 Å². The van der Waals surface area contributed by atoms with Gasteiger partial charge in [-0.15, -0.1) is 3.89 Å². The Morgan fingerprint density at radius 2 is 1.89 bits per heavy atom. The van der Waals surface area contributed by atoms with Crippen LogP contribution in [-0.2, 0) is 15.0 Å². The Labute approximate surface area is 109 Å². The number of rotatable bonds is 5. The minimum absolute atomic E-state index is 0.206. The Kier molecular flexibility index (Phi) is 6.06. The third-order valence-electron chi connectivity index (χ3n) is 2.33. The Hall–Kier alpha value is -0.850. The standard InChI is InChI=1S/C11H22FNO4S/c1-6-9(2)13(7-8-18(12,15)16)10(14)17-11(3,4)5/h9H,6-8H2,1-5H3. The van der Waals surface area contributed by atoms with E-state index in [0.29, 0.717) is 6.42 Å². The van der Waals surface area contributed by atoms with Gasteiger partial charge >= 0.3 is 16.3 Å². The quantitative estimate of drug-likeness (QED) is 0.726. The van der Waals surface area contributed by atoms with E-state index >= 15 is 0 Å². The SMILES string of the molecule is CCC(C)N(CCS(=O)(=O)F)C(=O)OC(C)(C)C. The molecule has 1 amide bonds. The zero-order chi connectivity index (χ0) is 14.6. The van der Waals surface area contributed by atoms with E-state index in [1.54, 1.807) is 27.7 Å². The van der Waals surface area contributed by atoms with Gasteiger partial charge in [-0.3, -0.25) is 0 Å². The largest absolute Gasteiger partial charge is 0.444 e. The maximum absolute atomic E-state index is 12.5. The average molecular weight is 283 g/mol. The molecule has 0 aliphatic rings. The summed E-state index contributed by atoms with van der Waals surface area (Å²) >= 11 is 0. The van der Waals surface area contributed by atoms with Crippen LogP contribution >= 0.6 is 0 Å². The van der Waals surface area contributed by atoms with Crippen molar-refractivity contribution in [3.05, 3.63) is 0 Å². The topological polar surface area (TPSA) is 63.7 Å². The van der Waals surface area contributed by atoms with Crippen molar-refractivity contribution in [3.8, 4) is 0 Å². The van der Waals surface area contributed by atoms with Gasteiger partial charge in [-0.05, 0) is 34.1 Å². The van der Waals surface area contributed by atoms with Crippen LogP contribution < -0.4 is 0 Å². The fourth-order valence-electron chi connectivity index (χ4n) is 1.24. The molecule has 5 nitrogen and oxygen atoms in total. The number of hydrogen-bond acceptors (Lipinski definition) is 4. The van der Waals surface area contributed by atoms with Crippen LogP contribution in [0.4, 0.5) is 8.68 Å². The van der Waals surface area contributed by atoms with Crippen molar-refractivity contribution in [2.24, 2.45) is 0 Å². The number of hydrogen-bond donors (Lipinski definition) is 0. The monoisotopic (exact) mass is 283 g/mol. The lowest BCUT2D eigenvalue weighted by Gasteiger charge is -2.30. The minimum atomic E-state index is -4.59. The third kappa shape index (κ3) is 7.47. The molecule has 0 rings (SSSR count). The highest BCUT2D eigenvalue weighted by Crippen LogP contribution is 2.13. The predicted molar refractivity (Wildman–Crippen MR) is 67.6 cm³/mol. The normalized spacial score (nSPS) is 14.1. The molecule has 1 atom stereocenters. The highest BCUT2D eigenvalue weighted by molar-refractivity contribution is 7.86. The van der Waals surface area contributed by atoms with Gasteiger partial charge in [0, 0.05) is 12.6 Å². The van der Waals surface area contributed by atoms with Gasteiger partial charge in [0.1, 0.15) is 5.60 Å². The second-order valence-corrected chi connectivity index (χ2v) is 6.66. The first-order valence-corrected chi connectivity index (χ1v) is 7.43. The Bertz CT molecular complexity index is 375. The van der Waals surface area contributed by atoms with Gasteiger partial charge in [-0.25, -0.2) is 4.79 Å². The van der Waals surface area contributed by atoms with Crippen LogP contribution in [-0.4, -0.2) is 43.4 Å². The molecule has 7 heteroatoms. The predicted octanol–water partition coefficient (Wildman–Crippen LogP) is 2.32. The van der Waals surface area contributed by atoms with Crippen LogP contribution in [0.15, 0.2) is 0 Å². The lowest BCUT2D eigenvalue weighted by molar-refractivity contribution is 0.0187. The number of carbonyl (C=O) groups is 1. The zero-order valence-electron chi connectivity index (χ0n) is 11.6. The van der Waals surface area contributed by atoms with Gasteiger partial charge in [-0.2, -0.15) is 8.42 Å². The van der Waals surface area contributed by atoms with E-state index in [9.17, 15) is 17.1 Å². The van der Waals surface area contributed by atoms with Crippen LogP contribution in [0.25, 0.3) is 0 Å². The third-order valence-corrected chi connectivity index (χ3v) is 3.00. The molecule has 0 saturated heterocycles. The smallest absolute Gasteiger partial charge is 0.410 e. The summed E-state index contributed by atoms with van der Waals surface area (Å²) in [6.07, 6.45) is 0.00599. The molecule has 0 aliphatic carbocycles. The van der Waals surface area contributed by atoms with Crippen molar-refractivity contribution in [1.82, 2.24) is 4.90 Å². The van der Waals surface area contributed by atoms with E-state index < -0.39 is 27.7 Å². The summed E-state index contributed by atoms with van der Waals surface area (Å²) in [6.45, 7) is 8.55. The number of halogens is 1. The van der Waals surface area contributed by atoms with E-state index in [1.165, 1.54) is 4.90 Å². The van der Waals surface area contributed by atoms with Crippen LogP contribution in [0.2, 0.25) is 0 Å². The zero-order valence-corrected chi connectivity index (χ0v) is 12.4. The second-order valence-electron chi connectivity index (χ2n) is 5.17. The minimum Gasteiger partial charge on any atom is -0.444 e. The van der Waals surface area contributed by atoms with E-state index in [4.69, 9.17) is 4.74 Å². The van der Waals surface area contributed by atoms with Gasteiger partial charge in [0.25, 0.3) is 0 Å². The van der Waals surface area contributed by atoms with Crippen molar-refractivity contribution in [2.45, 2.75) is 52.7 Å². The fraction of sp³-hybridized carbons (Fsp3) is 0.909. The lowest BCUT2D eigenvalue weighted by Crippen LogP contribution is -2.43. The number of amides is 1. The van der Waals surface area contributed by atoms with Crippen molar-refractivity contribution < 1.29 is 21.8 Å². The summed E-state index contributed by atoms with van der Waals surface area (Å²) in [5, 5.41) is 0. The summed E-state index contributed by atoms with van der Waals surface area (Å²) < 4.78 is 38.7. The summed E-state index contributed by atoms with van der Waals surface area (Å²) in [7, 11) is -4.59. The molecular formula is C11H22FNO4S. The van der Waals surface area contributed by atoms with Crippen LogP contribution in [0.3, 0.4) is 0 Å². The Morgan fingerprint density at radius 1 is 1.39 bits per heavy atom. The van der Waals surface area contributed by atoms with Crippen LogP contribution in [0.1, 0.15) is 41.0 Å². The van der Waals surface area contributed by atoms with Gasteiger partial charge in [0.15, 0.2) is 0 Å². The Balaban J connectivity index is 4.74. The fourth-order valence-corrected chi connectivity index (χ4v) is 1.65. The van der Waals surface area contributed by atoms with Gasteiger partial charge in [0.05, 0.1) is 5.75 Å². The highest BCUT2D eigenvalue weighted by Gasteiger charge is 2.26. The van der Waals surface area contributed by atoms with Gasteiger partial charge in [0.2, 0.25) is 0 Å². The molecule has 108 valence electrons. The molecule has 0 spiro atoms. The van der Waals surface area contributed by atoms with Gasteiger partial charge in [-0.1, -0.05) is 6.92 Å². The second kappa shape index (κ2) is 6.36. The average Bonchev–Trinajstić information content (AvgIpc) is 2.12. The number of nitrogens with zero attached hydrogens (tertiary/aromatic N) is 1. The van der Waals surface area contributed by atoms with Crippen LogP contribution in [0, 0.1) is 0 Å². The van der Waals surface area contributed by atoms with Crippen LogP contribution in [0.5, 0.6) is 0 Å². The molecule has 0 heterocycles. The molecule has 0 fully saturated rings. The highest BCUT2D eigenvalue weighted by atomic mass is 32.3. The van der Waals surface area contributed by atoms with Crippen molar-refractivity contribution >= 4 is 16.3 Å². The van der Waals surface area contributed by atoms with E-state index in [1.807, 2.05) is 6.92 Å². The van der Waals surface area contributed by atoms with E-state index in [2.05, 4.69) is 0 Å². The number of carbonyl (C=O) groups excluding carboxylic acids is 1. The van der Waals surface area contributed by atoms with E-state index in [0.717, 1.165) is 0 Å². The molecular weight excluding hydrogens is 261 g/mol. The first kappa shape index (κ1) is 17.2. The molecule has 0 aromatic rings. The maximum Gasteiger partial charge on any atom is 0.410 e. The first-order valence-electron chi connectivity index (χ1n) is 5.88.